The summed E-state index contributed by atoms with van der Waals surface area (Å²) in [4.78, 5) is -1.21. The zero-order valence-corrected chi connectivity index (χ0v) is 19.5. The smallest absolute Gasteiger partial charge is 0.297 e. The van der Waals surface area contributed by atoms with Crippen LogP contribution in [0.1, 0.15) is 11.1 Å². The average molecular weight is 502 g/mol. The second-order valence-corrected chi connectivity index (χ2v) is 10.5. The Kier molecular flexibility index (Phi) is 5.56. The van der Waals surface area contributed by atoms with Gasteiger partial charge in [0.25, 0.3) is 20.2 Å². The van der Waals surface area contributed by atoms with Crippen molar-refractivity contribution in [3.63, 3.8) is 0 Å². The van der Waals surface area contributed by atoms with Crippen LogP contribution in [0.25, 0.3) is 21.5 Å². The van der Waals surface area contributed by atoms with Crippen molar-refractivity contribution in [1.29, 1.82) is 0 Å². The molecule has 0 bridgehead atoms. The molecule has 34 heavy (non-hydrogen) atoms. The molecule has 0 aliphatic carbocycles. The highest BCUT2D eigenvalue weighted by Crippen LogP contribution is 2.41. The lowest BCUT2D eigenvalue weighted by atomic mass is 10.0. The van der Waals surface area contributed by atoms with E-state index in [4.69, 9.17) is 5.73 Å². The van der Waals surface area contributed by atoms with Gasteiger partial charge in [-0.3, -0.25) is 9.11 Å². The van der Waals surface area contributed by atoms with E-state index < -0.39 is 30.0 Å². The number of hydrogen-bond acceptors (Lipinski definition) is 8. The van der Waals surface area contributed by atoms with Gasteiger partial charge in [-0.15, -0.1) is 10.2 Å². The lowest BCUT2D eigenvalue weighted by molar-refractivity contribution is 0.481. The number of aryl methyl sites for hydroxylation is 2. The Hall–Kier alpha value is -3.58. The maximum atomic E-state index is 12.3. The van der Waals surface area contributed by atoms with Crippen molar-refractivity contribution >= 4 is 58.8 Å². The molecule has 0 aliphatic rings. The molecule has 4 aromatic carbocycles. The van der Waals surface area contributed by atoms with E-state index in [2.05, 4.69) is 10.2 Å². The van der Waals surface area contributed by atoms with Crippen molar-refractivity contribution in [3.8, 4) is 5.75 Å². The Morgan fingerprint density at radius 1 is 0.794 bits per heavy atom. The first kappa shape index (κ1) is 23.6. The predicted molar refractivity (Wildman–Crippen MR) is 127 cm³/mol. The molecular weight excluding hydrogens is 482 g/mol. The number of nitrogens with zero attached hydrogens (tertiary/aromatic N) is 2. The van der Waals surface area contributed by atoms with Crippen LogP contribution in [0.15, 0.2) is 68.6 Å². The zero-order valence-electron chi connectivity index (χ0n) is 17.9. The number of benzene rings is 4. The Labute approximate surface area is 194 Å². The van der Waals surface area contributed by atoms with Crippen molar-refractivity contribution < 1.29 is 31.0 Å². The number of aromatic hydroxyl groups is 1. The van der Waals surface area contributed by atoms with Crippen molar-refractivity contribution in [2.24, 2.45) is 10.2 Å². The summed E-state index contributed by atoms with van der Waals surface area (Å²) in [5, 5.41) is 19.5. The highest BCUT2D eigenvalue weighted by molar-refractivity contribution is 7.86. The monoisotopic (exact) mass is 501 g/mol. The van der Waals surface area contributed by atoms with Gasteiger partial charge in [-0.2, -0.15) is 16.8 Å². The Morgan fingerprint density at radius 3 is 2.15 bits per heavy atom. The van der Waals surface area contributed by atoms with Gasteiger partial charge in [0.15, 0.2) is 5.75 Å². The topological polar surface area (TPSA) is 180 Å². The maximum Gasteiger partial charge on any atom is 0.297 e. The number of nitrogen functional groups attached to an aromatic ring is 1. The van der Waals surface area contributed by atoms with Crippen LogP contribution < -0.4 is 5.73 Å². The van der Waals surface area contributed by atoms with Gasteiger partial charge < -0.3 is 10.8 Å². The Balaban J connectivity index is 2.00. The molecule has 10 nitrogen and oxygen atoms in total. The predicted octanol–water partition coefficient (Wildman–Crippen LogP) is 4.81. The quantitative estimate of drug-likeness (QED) is 0.175. The van der Waals surface area contributed by atoms with Crippen molar-refractivity contribution in [2.75, 3.05) is 5.73 Å². The summed E-state index contributed by atoms with van der Waals surface area (Å²) in [6.07, 6.45) is 0. The van der Waals surface area contributed by atoms with E-state index in [0.717, 1.165) is 6.07 Å². The summed E-state index contributed by atoms with van der Waals surface area (Å²) in [5.74, 6) is -0.218. The van der Waals surface area contributed by atoms with Gasteiger partial charge in [0, 0.05) is 21.8 Å². The summed E-state index contributed by atoms with van der Waals surface area (Å²) >= 11 is 0. The molecule has 0 saturated carbocycles. The molecule has 0 heterocycles. The third-order valence-corrected chi connectivity index (χ3v) is 7.11. The fraction of sp³-hybridized carbons (Fsp3) is 0.0909. The molecule has 0 amide bonds. The highest BCUT2D eigenvalue weighted by Gasteiger charge is 2.24. The number of fused-ring (bicyclic) bond motifs is 2. The summed E-state index contributed by atoms with van der Waals surface area (Å²) in [6, 6.07) is 11.6. The molecular formula is C22H19N3O7S2. The number of phenols is 1. The molecule has 0 radical (unpaired) electrons. The minimum atomic E-state index is -4.91. The first-order valence-electron chi connectivity index (χ1n) is 9.73. The van der Waals surface area contributed by atoms with E-state index in [1.165, 1.54) is 25.1 Å². The fourth-order valence-electron chi connectivity index (χ4n) is 3.81. The summed E-state index contributed by atoms with van der Waals surface area (Å²) in [5.41, 5.74) is 6.84. The molecule has 0 atom stereocenters. The van der Waals surface area contributed by atoms with E-state index in [1.54, 1.807) is 31.2 Å². The summed E-state index contributed by atoms with van der Waals surface area (Å²) in [7, 11) is -9.60. The average Bonchev–Trinajstić information content (AvgIpc) is 2.71. The van der Waals surface area contributed by atoms with Crippen LogP contribution in [0.4, 0.5) is 17.1 Å². The lowest BCUT2D eigenvalue weighted by Crippen LogP contribution is -2.04. The van der Waals surface area contributed by atoms with Crippen molar-refractivity contribution in [3.05, 3.63) is 59.7 Å². The number of hydrogen-bond donors (Lipinski definition) is 4. The Bertz CT molecular complexity index is 1750. The van der Waals surface area contributed by atoms with Crippen LogP contribution in [0.2, 0.25) is 0 Å². The maximum absolute atomic E-state index is 12.3. The minimum absolute atomic E-state index is 0.0577. The van der Waals surface area contributed by atoms with Crippen LogP contribution in [0.3, 0.4) is 0 Å². The third kappa shape index (κ3) is 4.19. The van der Waals surface area contributed by atoms with Gasteiger partial charge in [-0.25, -0.2) is 0 Å². The van der Waals surface area contributed by atoms with Crippen LogP contribution >= 0.6 is 0 Å². The first-order chi connectivity index (χ1) is 15.8. The molecule has 0 aromatic heterocycles. The standard InChI is InChI=1S/C22H19N3O7S2/c1-11-7-17-15(19(8-11)33(27,28)29)5-6-18(22(17)34(30,31)32)24-25-20-12(2)9-13-3-4-14(23)10-16(13)21(20)26/h3-10,26H,23H2,1-2H3,(H,27,28,29)(H,30,31,32). The number of nitrogens with two attached hydrogens (primary N) is 1. The second-order valence-electron chi connectivity index (χ2n) is 7.79. The number of anilines is 1. The molecule has 4 rings (SSSR count). The van der Waals surface area contributed by atoms with E-state index in [0.29, 0.717) is 27.6 Å². The molecule has 0 aliphatic heterocycles. The van der Waals surface area contributed by atoms with Gasteiger partial charge in [-0.05, 0) is 66.8 Å². The van der Waals surface area contributed by atoms with E-state index in [1.807, 2.05) is 0 Å². The molecule has 4 aromatic rings. The van der Waals surface area contributed by atoms with Crippen LogP contribution in [-0.4, -0.2) is 31.0 Å². The summed E-state index contributed by atoms with van der Waals surface area (Å²) in [6.45, 7) is 3.17. The van der Waals surface area contributed by atoms with Gasteiger partial charge in [0.05, 0.1) is 0 Å². The molecule has 0 saturated heterocycles. The van der Waals surface area contributed by atoms with E-state index in [-0.39, 0.29) is 27.9 Å². The van der Waals surface area contributed by atoms with Gasteiger partial charge in [0.2, 0.25) is 0 Å². The molecule has 0 fully saturated rings. The molecule has 5 N–H and O–H groups in total. The van der Waals surface area contributed by atoms with Gasteiger partial charge in [-0.1, -0.05) is 12.1 Å². The second kappa shape index (κ2) is 8.02. The zero-order chi connectivity index (χ0) is 25.0. The normalized spacial score (nSPS) is 12.7. The Morgan fingerprint density at radius 2 is 1.50 bits per heavy atom. The van der Waals surface area contributed by atoms with Crippen molar-refractivity contribution in [2.45, 2.75) is 23.6 Å². The SMILES string of the molecule is Cc1cc(S(=O)(=O)O)c2ccc(N=Nc3c(C)cc4ccc(N)cc4c3O)c(S(=O)(=O)O)c2c1. The van der Waals surface area contributed by atoms with Crippen LogP contribution in [-0.2, 0) is 20.2 Å². The van der Waals surface area contributed by atoms with Gasteiger partial charge in [0.1, 0.15) is 21.2 Å². The largest absolute Gasteiger partial charge is 0.505 e. The number of azo groups is 1. The first-order valence-corrected chi connectivity index (χ1v) is 12.6. The minimum Gasteiger partial charge on any atom is -0.505 e. The van der Waals surface area contributed by atoms with E-state index >= 15 is 0 Å². The number of phenolic OH excluding ortho intramolecular Hbond substituents is 1. The third-order valence-electron chi connectivity index (χ3n) is 5.27. The van der Waals surface area contributed by atoms with Crippen LogP contribution in [0.5, 0.6) is 5.75 Å². The van der Waals surface area contributed by atoms with Gasteiger partial charge >= 0.3 is 0 Å². The van der Waals surface area contributed by atoms with Crippen molar-refractivity contribution in [1.82, 2.24) is 0 Å². The number of rotatable bonds is 4. The lowest BCUT2D eigenvalue weighted by Gasteiger charge is -2.11. The fourth-order valence-corrected chi connectivity index (χ4v) is 5.42. The van der Waals surface area contributed by atoms with E-state index in [9.17, 15) is 31.0 Å². The van der Waals surface area contributed by atoms with Crippen LogP contribution in [0, 0.1) is 13.8 Å². The molecule has 0 spiro atoms. The highest BCUT2D eigenvalue weighted by atomic mass is 32.2. The molecule has 176 valence electrons. The molecule has 12 heteroatoms. The summed E-state index contributed by atoms with van der Waals surface area (Å²) < 4.78 is 67.7. The molecule has 0 unspecified atom stereocenters.